The summed E-state index contributed by atoms with van der Waals surface area (Å²) >= 11 is 0. The molecule has 0 amide bonds. The zero-order chi connectivity index (χ0) is 14.7. The first kappa shape index (κ1) is 14.1. The highest BCUT2D eigenvalue weighted by Crippen LogP contribution is 2.34. The average Bonchev–Trinajstić information content (AvgIpc) is 3.09. The predicted molar refractivity (Wildman–Crippen MR) is 79.0 cm³/mol. The van der Waals surface area contributed by atoms with E-state index >= 15 is 0 Å². The number of hydrogen-bond acceptors (Lipinski definition) is 5. The number of nitrogens with zero attached hydrogens (tertiary/aromatic N) is 2. The Bertz CT molecular complexity index is 603. The van der Waals surface area contributed by atoms with Crippen molar-refractivity contribution in [3.8, 4) is 5.75 Å². The molecule has 5 nitrogen and oxygen atoms in total. The topological polar surface area (TPSA) is 74.2 Å². The third kappa shape index (κ3) is 3.24. The van der Waals surface area contributed by atoms with E-state index in [1.165, 1.54) is 5.56 Å². The van der Waals surface area contributed by atoms with Gasteiger partial charge < -0.3 is 15.0 Å². The van der Waals surface area contributed by atoms with Crippen LogP contribution in [0.1, 0.15) is 43.0 Å². The fraction of sp³-hybridized carbons (Fsp3) is 0.500. The summed E-state index contributed by atoms with van der Waals surface area (Å²) in [6, 6.07) is 7.97. The van der Waals surface area contributed by atoms with Gasteiger partial charge in [0.2, 0.25) is 5.89 Å². The highest BCUT2D eigenvalue weighted by Gasteiger charge is 2.35. The molecular weight excluding hydrogens is 266 g/mol. The van der Waals surface area contributed by atoms with E-state index in [-0.39, 0.29) is 5.54 Å². The van der Waals surface area contributed by atoms with Crippen LogP contribution >= 0.6 is 0 Å². The number of aryl methyl sites for hydroxylation is 1. The van der Waals surface area contributed by atoms with Crippen LogP contribution in [0.25, 0.3) is 0 Å². The first-order chi connectivity index (χ1) is 10.2. The summed E-state index contributed by atoms with van der Waals surface area (Å²) in [5.41, 5.74) is 7.10. The molecule has 0 saturated heterocycles. The Morgan fingerprint density at radius 3 is 2.90 bits per heavy atom. The van der Waals surface area contributed by atoms with Gasteiger partial charge in [0.1, 0.15) is 5.75 Å². The molecule has 1 aromatic carbocycles. The molecule has 0 spiro atoms. The van der Waals surface area contributed by atoms with Gasteiger partial charge in [0, 0.05) is 0 Å². The molecule has 112 valence electrons. The van der Waals surface area contributed by atoms with Gasteiger partial charge in [-0.3, -0.25) is 0 Å². The van der Waals surface area contributed by atoms with Crippen molar-refractivity contribution >= 4 is 0 Å². The molecule has 1 fully saturated rings. The highest BCUT2D eigenvalue weighted by atomic mass is 16.5. The minimum atomic E-state index is -0.390. The Kier molecular flexibility index (Phi) is 3.92. The Hall–Kier alpha value is -1.88. The van der Waals surface area contributed by atoms with Crippen molar-refractivity contribution in [1.29, 1.82) is 0 Å². The number of hydrogen-bond donors (Lipinski definition) is 1. The first-order valence-electron chi connectivity index (χ1n) is 7.47. The van der Waals surface area contributed by atoms with E-state index in [9.17, 15) is 0 Å². The van der Waals surface area contributed by atoms with Crippen molar-refractivity contribution < 1.29 is 9.26 Å². The van der Waals surface area contributed by atoms with Crippen LogP contribution in [0, 0.1) is 6.92 Å². The molecule has 1 saturated carbocycles. The van der Waals surface area contributed by atoms with Gasteiger partial charge in [-0.15, -0.1) is 0 Å². The normalized spacial score (nSPS) is 17.0. The molecule has 0 atom stereocenters. The van der Waals surface area contributed by atoms with E-state index in [1.54, 1.807) is 0 Å². The predicted octanol–water partition coefficient (Wildman–Crippen LogP) is 2.73. The lowest BCUT2D eigenvalue weighted by atomic mass is 9.99. The lowest BCUT2D eigenvalue weighted by Gasteiger charge is -2.17. The molecule has 2 N–H and O–H groups in total. The molecule has 1 heterocycles. The van der Waals surface area contributed by atoms with Gasteiger partial charge in [-0.2, -0.15) is 4.98 Å². The monoisotopic (exact) mass is 287 g/mol. The molecule has 2 aromatic rings. The average molecular weight is 287 g/mol. The third-order valence-corrected chi connectivity index (χ3v) is 3.98. The van der Waals surface area contributed by atoms with Gasteiger partial charge in [-0.1, -0.05) is 30.1 Å². The van der Waals surface area contributed by atoms with Crippen molar-refractivity contribution in [3.05, 3.63) is 41.5 Å². The maximum atomic E-state index is 6.31. The minimum Gasteiger partial charge on any atom is -0.493 e. The fourth-order valence-electron chi connectivity index (χ4n) is 2.75. The van der Waals surface area contributed by atoms with E-state index in [2.05, 4.69) is 10.1 Å². The molecule has 21 heavy (non-hydrogen) atoms. The Morgan fingerprint density at radius 1 is 1.33 bits per heavy atom. The highest BCUT2D eigenvalue weighted by molar-refractivity contribution is 5.27. The molecule has 5 heteroatoms. The lowest BCUT2D eigenvalue weighted by Crippen LogP contribution is -2.34. The van der Waals surface area contributed by atoms with Crippen LogP contribution in [0.5, 0.6) is 5.75 Å². The molecule has 1 aliphatic carbocycles. The van der Waals surface area contributed by atoms with Crippen LogP contribution in [0.4, 0.5) is 0 Å². The zero-order valence-corrected chi connectivity index (χ0v) is 12.3. The van der Waals surface area contributed by atoms with Gasteiger partial charge in [-0.05, 0) is 37.5 Å². The summed E-state index contributed by atoms with van der Waals surface area (Å²) < 4.78 is 11.0. The van der Waals surface area contributed by atoms with E-state index in [0.717, 1.165) is 31.4 Å². The molecule has 0 bridgehead atoms. The number of rotatable bonds is 5. The van der Waals surface area contributed by atoms with Gasteiger partial charge >= 0.3 is 0 Å². The van der Waals surface area contributed by atoms with Crippen molar-refractivity contribution in [2.75, 3.05) is 6.61 Å². The minimum absolute atomic E-state index is 0.390. The number of benzene rings is 1. The summed E-state index contributed by atoms with van der Waals surface area (Å²) in [5, 5.41) is 4.04. The summed E-state index contributed by atoms with van der Waals surface area (Å²) in [6.45, 7) is 2.56. The molecule has 3 rings (SSSR count). The van der Waals surface area contributed by atoms with Crippen molar-refractivity contribution in [2.45, 2.75) is 44.6 Å². The summed E-state index contributed by atoms with van der Waals surface area (Å²) in [7, 11) is 0. The van der Waals surface area contributed by atoms with E-state index in [1.807, 2.05) is 31.2 Å². The first-order valence-corrected chi connectivity index (χ1v) is 7.47. The maximum Gasteiger partial charge on any atom is 0.230 e. The molecule has 0 unspecified atom stereocenters. The van der Waals surface area contributed by atoms with E-state index in [4.69, 9.17) is 15.0 Å². The maximum absolute atomic E-state index is 6.31. The van der Waals surface area contributed by atoms with Gasteiger partial charge in [0.15, 0.2) is 5.82 Å². The molecule has 1 aliphatic rings. The smallest absolute Gasteiger partial charge is 0.230 e. The van der Waals surface area contributed by atoms with Crippen LogP contribution in [0.2, 0.25) is 0 Å². The van der Waals surface area contributed by atoms with Crippen LogP contribution in [0.3, 0.4) is 0 Å². The lowest BCUT2D eigenvalue weighted by molar-refractivity contribution is 0.290. The Labute approximate surface area is 124 Å². The molecule has 0 radical (unpaired) electrons. The van der Waals surface area contributed by atoms with Crippen molar-refractivity contribution in [3.63, 3.8) is 0 Å². The van der Waals surface area contributed by atoms with E-state index in [0.29, 0.717) is 24.7 Å². The van der Waals surface area contributed by atoms with Gasteiger partial charge in [0.05, 0.1) is 18.6 Å². The van der Waals surface area contributed by atoms with Crippen molar-refractivity contribution in [1.82, 2.24) is 10.1 Å². The Balaban J connectivity index is 1.55. The van der Waals surface area contributed by atoms with Crippen LogP contribution in [-0.4, -0.2) is 16.7 Å². The van der Waals surface area contributed by atoms with E-state index < -0.39 is 0 Å². The number of aromatic nitrogens is 2. The SMILES string of the molecule is Cc1cccc(OCCc2nc(C3(N)CCCC3)no2)c1. The number of ether oxygens (including phenoxy) is 1. The van der Waals surface area contributed by atoms with Crippen molar-refractivity contribution in [2.24, 2.45) is 5.73 Å². The fourth-order valence-corrected chi connectivity index (χ4v) is 2.75. The standard InChI is InChI=1S/C16H21N3O2/c1-12-5-4-6-13(11-12)20-10-7-14-18-15(19-21-14)16(17)8-2-3-9-16/h4-6,11H,2-3,7-10,17H2,1H3. The second-order valence-corrected chi connectivity index (χ2v) is 5.79. The Morgan fingerprint density at radius 2 is 2.14 bits per heavy atom. The molecule has 0 aliphatic heterocycles. The van der Waals surface area contributed by atoms with Gasteiger partial charge in [0.25, 0.3) is 0 Å². The second-order valence-electron chi connectivity index (χ2n) is 5.79. The van der Waals surface area contributed by atoms with Crippen LogP contribution < -0.4 is 10.5 Å². The summed E-state index contributed by atoms with van der Waals surface area (Å²) in [6.07, 6.45) is 4.74. The molecule has 1 aromatic heterocycles. The third-order valence-electron chi connectivity index (χ3n) is 3.98. The number of nitrogens with two attached hydrogens (primary N) is 1. The van der Waals surface area contributed by atoms with Crippen LogP contribution in [0.15, 0.2) is 28.8 Å². The quantitative estimate of drug-likeness (QED) is 0.915. The molecular formula is C16H21N3O2. The summed E-state index contributed by atoms with van der Waals surface area (Å²) in [4.78, 5) is 4.43. The largest absolute Gasteiger partial charge is 0.493 e. The zero-order valence-electron chi connectivity index (χ0n) is 12.3. The van der Waals surface area contributed by atoms with Crippen LogP contribution in [-0.2, 0) is 12.0 Å². The second kappa shape index (κ2) is 5.85. The van der Waals surface area contributed by atoms with Gasteiger partial charge in [-0.25, -0.2) is 0 Å². The summed E-state index contributed by atoms with van der Waals surface area (Å²) in [5.74, 6) is 2.10.